The van der Waals surface area contributed by atoms with Gasteiger partial charge >= 0.3 is 0 Å². The zero-order valence-corrected chi connectivity index (χ0v) is 10.9. The van der Waals surface area contributed by atoms with Gasteiger partial charge in [-0.25, -0.2) is 0 Å². The van der Waals surface area contributed by atoms with Crippen molar-refractivity contribution in [3.63, 3.8) is 0 Å². The average molecular weight is 243 g/mol. The van der Waals surface area contributed by atoms with E-state index in [9.17, 15) is 4.79 Å². The number of aromatic amines is 1. The molecule has 0 unspecified atom stereocenters. The van der Waals surface area contributed by atoms with Crippen molar-refractivity contribution >= 4 is 11.6 Å². The van der Waals surface area contributed by atoms with Crippen molar-refractivity contribution < 1.29 is 4.79 Å². The highest BCUT2D eigenvalue weighted by molar-refractivity contribution is 5.92. The van der Waals surface area contributed by atoms with Gasteiger partial charge in [0.05, 0.1) is 12.1 Å². The number of carbonyl (C=O) groups is 1. The highest BCUT2D eigenvalue weighted by atomic mass is 16.1. The normalized spacial score (nSPS) is 10.4. The Balaban J connectivity index is 2.05. The molecule has 1 aromatic heterocycles. The number of H-pyrrole nitrogens is 1. The lowest BCUT2D eigenvalue weighted by molar-refractivity contribution is -0.115. The summed E-state index contributed by atoms with van der Waals surface area (Å²) < 4.78 is 0. The minimum absolute atomic E-state index is 0.0461. The van der Waals surface area contributed by atoms with Gasteiger partial charge in [-0.15, -0.1) is 0 Å². The van der Waals surface area contributed by atoms with E-state index in [1.54, 1.807) is 0 Å². The zero-order valence-electron chi connectivity index (χ0n) is 10.9. The fourth-order valence-electron chi connectivity index (χ4n) is 1.79. The van der Waals surface area contributed by atoms with Gasteiger partial charge in [0, 0.05) is 11.4 Å². The van der Waals surface area contributed by atoms with E-state index in [1.165, 1.54) is 0 Å². The van der Waals surface area contributed by atoms with Crippen molar-refractivity contribution in [3.8, 4) is 0 Å². The SMILES string of the molecule is Cc1ccc(C)c(NC(=O)Cc2cc(C)[nH]n2)c1. The summed E-state index contributed by atoms with van der Waals surface area (Å²) in [5.41, 5.74) is 4.78. The highest BCUT2D eigenvalue weighted by Gasteiger charge is 2.08. The second-order valence-corrected chi connectivity index (χ2v) is 4.59. The van der Waals surface area contributed by atoms with E-state index >= 15 is 0 Å². The molecular weight excluding hydrogens is 226 g/mol. The van der Waals surface area contributed by atoms with E-state index in [2.05, 4.69) is 15.5 Å². The fourth-order valence-corrected chi connectivity index (χ4v) is 1.79. The number of nitrogens with zero attached hydrogens (tertiary/aromatic N) is 1. The van der Waals surface area contributed by atoms with E-state index in [0.29, 0.717) is 0 Å². The molecule has 1 amide bonds. The van der Waals surface area contributed by atoms with Gasteiger partial charge in [0.15, 0.2) is 0 Å². The largest absolute Gasteiger partial charge is 0.325 e. The van der Waals surface area contributed by atoms with Crippen LogP contribution < -0.4 is 5.32 Å². The molecule has 1 aromatic carbocycles. The van der Waals surface area contributed by atoms with Gasteiger partial charge in [-0.2, -0.15) is 5.10 Å². The number of amides is 1. The van der Waals surface area contributed by atoms with Crippen LogP contribution in [0.5, 0.6) is 0 Å². The Kier molecular flexibility index (Phi) is 3.46. The fraction of sp³-hybridized carbons (Fsp3) is 0.286. The smallest absolute Gasteiger partial charge is 0.230 e. The van der Waals surface area contributed by atoms with Gasteiger partial charge in [0.2, 0.25) is 5.91 Å². The number of anilines is 1. The molecule has 0 spiro atoms. The molecule has 0 bridgehead atoms. The molecule has 0 aliphatic carbocycles. The quantitative estimate of drug-likeness (QED) is 0.870. The van der Waals surface area contributed by atoms with Gasteiger partial charge in [0.1, 0.15) is 0 Å². The Morgan fingerprint density at radius 1 is 1.28 bits per heavy atom. The summed E-state index contributed by atoms with van der Waals surface area (Å²) in [5, 5.41) is 9.80. The number of aryl methyl sites for hydroxylation is 3. The number of hydrogen-bond donors (Lipinski definition) is 2. The number of benzene rings is 1. The van der Waals surface area contributed by atoms with Gasteiger partial charge in [0.25, 0.3) is 0 Å². The monoisotopic (exact) mass is 243 g/mol. The summed E-state index contributed by atoms with van der Waals surface area (Å²) in [4.78, 5) is 11.9. The lowest BCUT2D eigenvalue weighted by Crippen LogP contribution is -2.15. The lowest BCUT2D eigenvalue weighted by Gasteiger charge is -2.08. The Labute approximate surface area is 106 Å². The molecule has 2 aromatic rings. The second kappa shape index (κ2) is 5.04. The maximum Gasteiger partial charge on any atom is 0.230 e. The lowest BCUT2D eigenvalue weighted by atomic mass is 10.1. The van der Waals surface area contributed by atoms with Crippen LogP contribution in [-0.2, 0) is 11.2 Å². The van der Waals surface area contributed by atoms with E-state index in [-0.39, 0.29) is 12.3 Å². The minimum Gasteiger partial charge on any atom is -0.325 e. The van der Waals surface area contributed by atoms with E-state index in [4.69, 9.17) is 0 Å². The highest BCUT2D eigenvalue weighted by Crippen LogP contribution is 2.16. The maximum absolute atomic E-state index is 11.9. The van der Waals surface area contributed by atoms with Gasteiger partial charge < -0.3 is 5.32 Å². The molecule has 0 aliphatic rings. The third kappa shape index (κ3) is 2.97. The predicted octanol–water partition coefficient (Wildman–Crippen LogP) is 2.52. The van der Waals surface area contributed by atoms with Crippen molar-refractivity contribution in [2.24, 2.45) is 0 Å². The standard InChI is InChI=1S/C14H17N3O/c1-9-4-5-10(2)13(6-9)15-14(18)8-12-7-11(3)16-17-12/h4-7H,8H2,1-3H3,(H,15,18)(H,16,17). The van der Waals surface area contributed by atoms with Crippen LogP contribution in [-0.4, -0.2) is 16.1 Å². The molecular formula is C14H17N3O. The third-order valence-corrected chi connectivity index (χ3v) is 2.77. The summed E-state index contributed by atoms with van der Waals surface area (Å²) in [6.45, 7) is 5.90. The Morgan fingerprint density at radius 2 is 2.06 bits per heavy atom. The molecule has 0 saturated carbocycles. The van der Waals surface area contributed by atoms with Crippen LogP contribution in [0.25, 0.3) is 0 Å². The van der Waals surface area contributed by atoms with Crippen LogP contribution in [0.2, 0.25) is 0 Å². The number of carbonyl (C=O) groups excluding carboxylic acids is 1. The van der Waals surface area contributed by atoms with Gasteiger partial charge in [-0.1, -0.05) is 12.1 Å². The molecule has 2 rings (SSSR count). The number of nitrogens with one attached hydrogen (secondary N) is 2. The Hall–Kier alpha value is -2.10. The van der Waals surface area contributed by atoms with Gasteiger partial charge in [-0.3, -0.25) is 9.89 Å². The topological polar surface area (TPSA) is 57.8 Å². The van der Waals surface area contributed by atoms with Crippen molar-refractivity contribution in [2.75, 3.05) is 5.32 Å². The summed E-state index contributed by atoms with van der Waals surface area (Å²) in [5.74, 6) is -0.0461. The van der Waals surface area contributed by atoms with Crippen LogP contribution in [0.15, 0.2) is 24.3 Å². The van der Waals surface area contributed by atoms with Crippen molar-refractivity contribution in [2.45, 2.75) is 27.2 Å². The van der Waals surface area contributed by atoms with Crippen LogP contribution in [0.3, 0.4) is 0 Å². The van der Waals surface area contributed by atoms with Crippen molar-refractivity contribution in [1.82, 2.24) is 10.2 Å². The number of hydrogen-bond acceptors (Lipinski definition) is 2. The summed E-state index contributed by atoms with van der Waals surface area (Å²) >= 11 is 0. The Bertz CT molecular complexity index is 572. The van der Waals surface area contributed by atoms with E-state index < -0.39 is 0 Å². The molecule has 94 valence electrons. The first-order chi connectivity index (χ1) is 8.54. The van der Waals surface area contributed by atoms with E-state index in [0.717, 1.165) is 28.2 Å². The van der Waals surface area contributed by atoms with Crippen LogP contribution in [0, 0.1) is 20.8 Å². The first-order valence-corrected chi connectivity index (χ1v) is 5.92. The molecule has 1 heterocycles. The molecule has 0 saturated heterocycles. The molecule has 0 fully saturated rings. The first kappa shape index (κ1) is 12.4. The minimum atomic E-state index is -0.0461. The molecule has 4 nitrogen and oxygen atoms in total. The van der Waals surface area contributed by atoms with Crippen LogP contribution >= 0.6 is 0 Å². The molecule has 2 N–H and O–H groups in total. The molecule has 0 aliphatic heterocycles. The molecule has 18 heavy (non-hydrogen) atoms. The molecule has 0 atom stereocenters. The summed E-state index contributed by atoms with van der Waals surface area (Å²) in [6.07, 6.45) is 0.289. The zero-order chi connectivity index (χ0) is 13.1. The molecule has 4 heteroatoms. The first-order valence-electron chi connectivity index (χ1n) is 5.92. The van der Waals surface area contributed by atoms with Crippen LogP contribution in [0.4, 0.5) is 5.69 Å². The summed E-state index contributed by atoms with van der Waals surface area (Å²) in [6, 6.07) is 7.89. The third-order valence-electron chi connectivity index (χ3n) is 2.77. The Morgan fingerprint density at radius 3 is 2.72 bits per heavy atom. The molecule has 0 radical (unpaired) electrons. The predicted molar refractivity (Wildman–Crippen MR) is 71.6 cm³/mol. The van der Waals surface area contributed by atoms with Crippen LogP contribution in [0.1, 0.15) is 22.5 Å². The number of aromatic nitrogens is 2. The van der Waals surface area contributed by atoms with Crippen molar-refractivity contribution in [1.29, 1.82) is 0 Å². The average Bonchev–Trinajstić information content (AvgIpc) is 2.69. The summed E-state index contributed by atoms with van der Waals surface area (Å²) in [7, 11) is 0. The van der Waals surface area contributed by atoms with Crippen molar-refractivity contribution in [3.05, 3.63) is 46.8 Å². The second-order valence-electron chi connectivity index (χ2n) is 4.59. The van der Waals surface area contributed by atoms with E-state index in [1.807, 2.05) is 45.0 Å². The maximum atomic E-state index is 11.9. The van der Waals surface area contributed by atoms with Gasteiger partial charge in [-0.05, 0) is 44.0 Å². The number of rotatable bonds is 3.